The largest absolute Gasteiger partial charge is 0.493 e. The number of para-hydroxylation sites is 1. The Labute approximate surface area is 160 Å². The molecular weight excluding hydrogens is 342 g/mol. The summed E-state index contributed by atoms with van der Waals surface area (Å²) in [6.45, 7) is 5.92. The summed E-state index contributed by atoms with van der Waals surface area (Å²) in [7, 11) is 1.64. The molecule has 6 nitrogen and oxygen atoms in total. The van der Waals surface area contributed by atoms with Crippen LogP contribution in [-0.2, 0) is 17.8 Å². The fraction of sp³-hybridized carbons (Fsp3) is 0.476. The molecule has 1 fully saturated rings. The van der Waals surface area contributed by atoms with Gasteiger partial charge >= 0.3 is 0 Å². The van der Waals surface area contributed by atoms with Crippen LogP contribution in [0.15, 0.2) is 42.7 Å². The van der Waals surface area contributed by atoms with Crippen molar-refractivity contribution in [2.45, 2.75) is 13.0 Å². The number of piperazine rings is 1. The molecule has 0 radical (unpaired) electrons. The number of rotatable bonds is 5. The molecule has 2 aliphatic rings. The van der Waals surface area contributed by atoms with E-state index in [4.69, 9.17) is 9.47 Å². The lowest BCUT2D eigenvalue weighted by Gasteiger charge is -2.37. The zero-order chi connectivity index (χ0) is 18.6. The van der Waals surface area contributed by atoms with Gasteiger partial charge in [0.1, 0.15) is 6.61 Å². The summed E-state index contributed by atoms with van der Waals surface area (Å²) >= 11 is 0. The third-order valence-electron chi connectivity index (χ3n) is 5.55. The highest BCUT2D eigenvalue weighted by molar-refractivity contribution is 5.80. The van der Waals surface area contributed by atoms with E-state index in [1.165, 1.54) is 0 Å². The molecule has 1 saturated heterocycles. The van der Waals surface area contributed by atoms with Crippen molar-refractivity contribution in [2.75, 3.05) is 46.4 Å². The molecule has 0 saturated carbocycles. The van der Waals surface area contributed by atoms with E-state index in [9.17, 15) is 4.79 Å². The van der Waals surface area contributed by atoms with E-state index < -0.39 is 0 Å². The number of nitrogens with zero attached hydrogens (tertiary/aromatic N) is 3. The first-order chi connectivity index (χ1) is 13.2. The first kappa shape index (κ1) is 17.9. The highest BCUT2D eigenvalue weighted by atomic mass is 16.5. The Hall–Kier alpha value is -2.47. The molecule has 3 heterocycles. The summed E-state index contributed by atoms with van der Waals surface area (Å²) in [5.74, 6) is 1.65. The van der Waals surface area contributed by atoms with Crippen molar-refractivity contribution < 1.29 is 14.3 Å². The number of amides is 1. The molecule has 0 aliphatic carbocycles. The number of carbonyl (C=O) groups excluding carboxylic acids is 1. The van der Waals surface area contributed by atoms with E-state index >= 15 is 0 Å². The minimum absolute atomic E-state index is 0.101. The molecule has 0 spiro atoms. The van der Waals surface area contributed by atoms with Gasteiger partial charge in [0.05, 0.1) is 13.0 Å². The summed E-state index contributed by atoms with van der Waals surface area (Å²) < 4.78 is 13.4. The normalized spacial score (nSPS) is 20.0. The number of methoxy groups -OCH3 is 1. The fourth-order valence-corrected chi connectivity index (χ4v) is 3.94. The van der Waals surface area contributed by atoms with E-state index in [2.05, 4.69) is 34.0 Å². The fourth-order valence-electron chi connectivity index (χ4n) is 3.94. The number of hydrogen-bond donors (Lipinski definition) is 0. The second-order valence-electron chi connectivity index (χ2n) is 7.25. The zero-order valence-electron chi connectivity index (χ0n) is 15.8. The Morgan fingerprint density at radius 1 is 1.11 bits per heavy atom. The maximum atomic E-state index is 13.0. The van der Waals surface area contributed by atoms with Gasteiger partial charge in [-0.15, -0.1) is 0 Å². The van der Waals surface area contributed by atoms with Crippen molar-refractivity contribution in [3.05, 3.63) is 48.3 Å². The summed E-state index contributed by atoms with van der Waals surface area (Å²) in [6, 6.07) is 9.98. The van der Waals surface area contributed by atoms with Crippen LogP contribution in [0.5, 0.6) is 11.5 Å². The molecule has 27 heavy (non-hydrogen) atoms. The number of aromatic nitrogens is 1. The van der Waals surface area contributed by atoms with E-state index in [0.29, 0.717) is 6.61 Å². The predicted octanol–water partition coefficient (Wildman–Crippen LogP) is 1.89. The molecule has 4 rings (SSSR count). The van der Waals surface area contributed by atoms with Crippen LogP contribution in [0, 0.1) is 5.92 Å². The predicted molar refractivity (Wildman–Crippen MR) is 103 cm³/mol. The van der Waals surface area contributed by atoms with Crippen LogP contribution >= 0.6 is 0 Å². The van der Waals surface area contributed by atoms with Gasteiger partial charge in [0.2, 0.25) is 5.91 Å². The summed E-state index contributed by atoms with van der Waals surface area (Å²) in [6.07, 6.45) is 4.91. The Morgan fingerprint density at radius 2 is 1.89 bits per heavy atom. The van der Waals surface area contributed by atoms with E-state index in [1.54, 1.807) is 7.11 Å². The van der Waals surface area contributed by atoms with Crippen molar-refractivity contribution in [1.82, 2.24) is 14.4 Å². The summed E-state index contributed by atoms with van der Waals surface area (Å²) in [5, 5.41) is 0. The summed E-state index contributed by atoms with van der Waals surface area (Å²) in [4.78, 5) is 17.4. The number of ether oxygens (including phenoxy) is 2. The molecule has 1 atom stereocenters. The third kappa shape index (κ3) is 3.95. The standard InChI is InChI=1S/C21H27N3O3/c1-26-19-6-4-5-17-15-18(16-27-20(17)19)21(25)24-13-11-23(12-14-24)10-9-22-7-2-3-8-22/h2-8,18H,9-16H2,1H3. The molecule has 1 aromatic heterocycles. The topological polar surface area (TPSA) is 46.9 Å². The molecule has 0 bridgehead atoms. The summed E-state index contributed by atoms with van der Waals surface area (Å²) in [5.41, 5.74) is 1.06. The lowest BCUT2D eigenvalue weighted by atomic mass is 9.95. The van der Waals surface area contributed by atoms with Crippen LogP contribution in [0.3, 0.4) is 0 Å². The number of fused-ring (bicyclic) bond motifs is 1. The molecule has 0 N–H and O–H groups in total. The van der Waals surface area contributed by atoms with Crippen LogP contribution in [0.2, 0.25) is 0 Å². The average molecular weight is 369 g/mol. The van der Waals surface area contributed by atoms with Gasteiger partial charge in [-0.05, 0) is 30.2 Å². The minimum atomic E-state index is -0.101. The van der Waals surface area contributed by atoms with Crippen LogP contribution in [0.4, 0.5) is 0 Å². The highest BCUT2D eigenvalue weighted by Gasteiger charge is 2.32. The van der Waals surface area contributed by atoms with Crippen molar-refractivity contribution in [2.24, 2.45) is 5.92 Å². The molecule has 1 amide bonds. The van der Waals surface area contributed by atoms with Gasteiger partial charge in [0, 0.05) is 51.7 Å². The molecular formula is C21H27N3O3. The van der Waals surface area contributed by atoms with Crippen molar-refractivity contribution in [1.29, 1.82) is 0 Å². The zero-order valence-corrected chi connectivity index (χ0v) is 15.8. The number of carbonyl (C=O) groups is 1. The maximum Gasteiger partial charge on any atom is 0.229 e. The van der Waals surface area contributed by atoms with E-state index in [0.717, 1.165) is 62.8 Å². The van der Waals surface area contributed by atoms with Crippen molar-refractivity contribution in [3.63, 3.8) is 0 Å². The second-order valence-corrected chi connectivity index (χ2v) is 7.25. The average Bonchev–Trinajstić information content (AvgIpc) is 3.25. The first-order valence-corrected chi connectivity index (χ1v) is 9.65. The second kappa shape index (κ2) is 8.05. The van der Waals surface area contributed by atoms with Crippen LogP contribution < -0.4 is 9.47 Å². The monoisotopic (exact) mass is 369 g/mol. The van der Waals surface area contributed by atoms with Gasteiger partial charge in [0.15, 0.2) is 11.5 Å². The van der Waals surface area contributed by atoms with Crippen molar-refractivity contribution >= 4 is 5.91 Å². The van der Waals surface area contributed by atoms with Gasteiger partial charge in [0.25, 0.3) is 0 Å². The van der Waals surface area contributed by atoms with Gasteiger partial charge in [-0.25, -0.2) is 0 Å². The van der Waals surface area contributed by atoms with Gasteiger partial charge < -0.3 is 18.9 Å². The number of hydrogen-bond acceptors (Lipinski definition) is 4. The Morgan fingerprint density at radius 3 is 2.63 bits per heavy atom. The van der Waals surface area contributed by atoms with E-state index in [-0.39, 0.29) is 11.8 Å². The molecule has 6 heteroatoms. The molecule has 1 aromatic carbocycles. The lowest BCUT2D eigenvalue weighted by Crippen LogP contribution is -2.52. The first-order valence-electron chi connectivity index (χ1n) is 9.65. The Kier molecular flexibility index (Phi) is 5.34. The van der Waals surface area contributed by atoms with Crippen LogP contribution in [-0.4, -0.2) is 66.7 Å². The SMILES string of the molecule is COc1cccc2c1OCC(C(=O)N1CCN(CCn3cccc3)CC1)C2. The minimum Gasteiger partial charge on any atom is -0.493 e. The molecule has 2 aliphatic heterocycles. The Bertz CT molecular complexity index is 767. The van der Waals surface area contributed by atoms with Crippen LogP contribution in [0.1, 0.15) is 5.56 Å². The third-order valence-corrected chi connectivity index (χ3v) is 5.55. The molecule has 1 unspecified atom stereocenters. The Balaban J connectivity index is 1.29. The quantitative estimate of drug-likeness (QED) is 0.808. The molecule has 144 valence electrons. The van der Waals surface area contributed by atoms with Gasteiger partial charge in [-0.2, -0.15) is 0 Å². The number of benzene rings is 1. The van der Waals surface area contributed by atoms with Gasteiger partial charge in [-0.1, -0.05) is 12.1 Å². The lowest BCUT2D eigenvalue weighted by molar-refractivity contribution is -0.138. The molecule has 2 aromatic rings. The smallest absolute Gasteiger partial charge is 0.229 e. The van der Waals surface area contributed by atoms with E-state index in [1.807, 2.05) is 23.1 Å². The van der Waals surface area contributed by atoms with Gasteiger partial charge in [-0.3, -0.25) is 9.69 Å². The highest BCUT2D eigenvalue weighted by Crippen LogP contribution is 2.36. The van der Waals surface area contributed by atoms with Crippen molar-refractivity contribution in [3.8, 4) is 11.5 Å². The van der Waals surface area contributed by atoms with Crippen LogP contribution in [0.25, 0.3) is 0 Å². The maximum absolute atomic E-state index is 13.0.